The molecule has 0 N–H and O–H groups in total. The highest BCUT2D eigenvalue weighted by molar-refractivity contribution is 5.69. The first kappa shape index (κ1) is 20.0. The average Bonchev–Trinajstić information content (AvgIpc) is 3.35. The third kappa shape index (κ3) is 14.2. The van der Waals surface area contributed by atoms with Crippen LogP contribution < -0.4 is 0 Å². The Morgan fingerprint density at radius 2 is 1.52 bits per heavy atom. The van der Waals surface area contributed by atoms with Crippen molar-refractivity contribution in [3.63, 3.8) is 0 Å². The fourth-order valence-electron chi connectivity index (χ4n) is 2.41. The number of epoxide rings is 1. The Morgan fingerprint density at radius 3 is 2.13 bits per heavy atom. The Kier molecular flexibility index (Phi) is 12.6. The zero-order valence-corrected chi connectivity index (χ0v) is 14.8. The second kappa shape index (κ2) is 14.5. The Labute approximate surface area is 142 Å². The van der Waals surface area contributed by atoms with E-state index in [1.54, 1.807) is 0 Å². The molecule has 0 aliphatic carbocycles. The maximum Gasteiger partial charge on any atom is 0.308 e. The van der Waals surface area contributed by atoms with Crippen molar-refractivity contribution in [3.05, 3.63) is 24.3 Å². The molecule has 1 aliphatic heterocycles. The maximum atomic E-state index is 11.3. The van der Waals surface area contributed by atoms with E-state index < -0.39 is 0 Å². The molecule has 0 aromatic heterocycles. The van der Waals surface area contributed by atoms with Crippen LogP contribution in [0.5, 0.6) is 0 Å². The summed E-state index contributed by atoms with van der Waals surface area (Å²) >= 11 is 0. The van der Waals surface area contributed by atoms with Gasteiger partial charge in [-0.1, -0.05) is 69.8 Å². The van der Waals surface area contributed by atoms with Gasteiger partial charge in [0.1, 0.15) is 6.61 Å². The van der Waals surface area contributed by atoms with Gasteiger partial charge in [-0.2, -0.15) is 0 Å². The lowest BCUT2D eigenvalue weighted by Crippen LogP contribution is -2.06. The second-order valence-corrected chi connectivity index (χ2v) is 6.26. The van der Waals surface area contributed by atoms with Crippen LogP contribution in [0.2, 0.25) is 0 Å². The molecular weight excluding hydrogens is 288 g/mol. The van der Waals surface area contributed by atoms with Crippen molar-refractivity contribution < 1.29 is 14.3 Å². The zero-order valence-electron chi connectivity index (χ0n) is 14.8. The summed E-state index contributed by atoms with van der Waals surface area (Å²) in [5.41, 5.74) is 0. The minimum absolute atomic E-state index is 0.111. The minimum atomic E-state index is -0.234. The predicted octanol–water partition coefficient (Wildman–Crippen LogP) is 5.70. The molecule has 0 aromatic carbocycles. The molecule has 1 saturated heterocycles. The topological polar surface area (TPSA) is 38.8 Å². The molecule has 3 heteroatoms. The molecule has 1 atom stereocenters. The van der Waals surface area contributed by atoms with Crippen LogP contribution in [0.25, 0.3) is 0 Å². The molecule has 1 aliphatic rings. The molecule has 0 amide bonds. The quantitative estimate of drug-likeness (QED) is 0.168. The largest absolute Gasteiger partial charge is 0.433 e. The maximum absolute atomic E-state index is 11.3. The number of carbonyl (C=O) groups is 1. The molecule has 3 nitrogen and oxygen atoms in total. The van der Waals surface area contributed by atoms with Gasteiger partial charge in [0, 0.05) is 6.42 Å². The van der Waals surface area contributed by atoms with Crippen LogP contribution in [0, 0.1) is 0 Å². The number of hydrogen-bond donors (Lipinski definition) is 0. The van der Waals surface area contributed by atoms with Crippen LogP contribution in [0.3, 0.4) is 0 Å². The molecule has 0 radical (unpaired) electrons. The SMILES string of the molecule is CCCCC/C=C/C=C/CCCCCCCCC(=O)OC1CO1. The van der Waals surface area contributed by atoms with E-state index in [0.717, 1.165) is 12.8 Å². The van der Waals surface area contributed by atoms with Gasteiger partial charge >= 0.3 is 5.97 Å². The van der Waals surface area contributed by atoms with Gasteiger partial charge in [-0.15, -0.1) is 0 Å². The second-order valence-electron chi connectivity index (χ2n) is 6.26. The van der Waals surface area contributed by atoms with Gasteiger partial charge in [0.2, 0.25) is 6.29 Å². The lowest BCUT2D eigenvalue weighted by molar-refractivity contribution is -0.148. The van der Waals surface area contributed by atoms with Crippen molar-refractivity contribution in [1.29, 1.82) is 0 Å². The highest BCUT2D eigenvalue weighted by Gasteiger charge is 2.26. The third-order valence-corrected chi connectivity index (χ3v) is 3.92. The van der Waals surface area contributed by atoms with E-state index in [-0.39, 0.29) is 12.3 Å². The van der Waals surface area contributed by atoms with Gasteiger partial charge in [-0.05, 0) is 32.1 Å². The number of rotatable bonds is 15. The Morgan fingerprint density at radius 1 is 0.957 bits per heavy atom. The van der Waals surface area contributed by atoms with Crippen molar-refractivity contribution in [2.24, 2.45) is 0 Å². The summed E-state index contributed by atoms with van der Waals surface area (Å²) in [5.74, 6) is -0.111. The molecule has 1 rings (SSSR count). The van der Waals surface area contributed by atoms with Crippen LogP contribution in [-0.2, 0) is 14.3 Å². The number of esters is 1. The van der Waals surface area contributed by atoms with Crippen LogP contribution in [-0.4, -0.2) is 18.9 Å². The monoisotopic (exact) mass is 322 g/mol. The fourth-order valence-corrected chi connectivity index (χ4v) is 2.41. The third-order valence-electron chi connectivity index (χ3n) is 3.92. The molecule has 0 saturated carbocycles. The van der Waals surface area contributed by atoms with E-state index in [0.29, 0.717) is 13.0 Å². The number of carbonyl (C=O) groups excluding carboxylic acids is 1. The number of unbranched alkanes of at least 4 members (excludes halogenated alkanes) is 9. The Bertz CT molecular complexity index is 343. The lowest BCUT2D eigenvalue weighted by Gasteiger charge is -2.01. The van der Waals surface area contributed by atoms with E-state index in [1.165, 1.54) is 57.8 Å². The molecule has 1 heterocycles. The van der Waals surface area contributed by atoms with Crippen LogP contribution >= 0.6 is 0 Å². The first-order chi connectivity index (χ1) is 11.3. The molecule has 0 bridgehead atoms. The average molecular weight is 322 g/mol. The molecule has 0 spiro atoms. The van der Waals surface area contributed by atoms with E-state index in [9.17, 15) is 4.79 Å². The molecule has 23 heavy (non-hydrogen) atoms. The van der Waals surface area contributed by atoms with Gasteiger partial charge < -0.3 is 9.47 Å². The highest BCUT2D eigenvalue weighted by atomic mass is 16.8. The summed E-state index contributed by atoms with van der Waals surface area (Å²) in [7, 11) is 0. The Balaban J connectivity index is 1.76. The van der Waals surface area contributed by atoms with Crippen molar-refractivity contribution in [3.8, 4) is 0 Å². The molecule has 0 aromatic rings. The normalized spacial score (nSPS) is 17.2. The van der Waals surface area contributed by atoms with Gasteiger partial charge in [0.25, 0.3) is 0 Å². The zero-order chi connectivity index (χ0) is 16.6. The number of allylic oxidation sites excluding steroid dienone is 4. The first-order valence-electron chi connectivity index (χ1n) is 9.45. The molecule has 1 unspecified atom stereocenters. The molecular formula is C20H34O3. The highest BCUT2D eigenvalue weighted by Crippen LogP contribution is 2.13. The van der Waals surface area contributed by atoms with E-state index in [1.807, 2.05) is 0 Å². The summed E-state index contributed by atoms with van der Waals surface area (Å²) in [5, 5.41) is 0. The van der Waals surface area contributed by atoms with Gasteiger partial charge in [-0.25, -0.2) is 0 Å². The molecule has 1 fully saturated rings. The van der Waals surface area contributed by atoms with Crippen LogP contribution in [0.1, 0.15) is 84.0 Å². The fraction of sp³-hybridized carbons (Fsp3) is 0.750. The summed E-state index contributed by atoms with van der Waals surface area (Å²) < 4.78 is 9.86. The number of hydrogen-bond acceptors (Lipinski definition) is 3. The summed E-state index contributed by atoms with van der Waals surface area (Å²) in [6.45, 7) is 2.82. The predicted molar refractivity (Wildman–Crippen MR) is 95.2 cm³/mol. The standard InChI is InChI=1S/C20H34O3/c1-2-3-4-5-6-7-8-9-10-11-12-13-14-15-16-17-19(21)23-20-18-22-20/h6-9,20H,2-5,10-18H2,1H3/b7-6+,9-8+. The first-order valence-corrected chi connectivity index (χ1v) is 9.45. The smallest absolute Gasteiger partial charge is 0.308 e. The summed E-state index contributed by atoms with van der Waals surface area (Å²) in [4.78, 5) is 11.3. The van der Waals surface area contributed by atoms with E-state index in [2.05, 4.69) is 31.2 Å². The summed E-state index contributed by atoms with van der Waals surface area (Å²) in [6, 6.07) is 0. The minimum Gasteiger partial charge on any atom is -0.433 e. The van der Waals surface area contributed by atoms with Gasteiger partial charge in [0.05, 0.1) is 0 Å². The molecule has 132 valence electrons. The lowest BCUT2D eigenvalue weighted by atomic mass is 10.1. The number of ether oxygens (including phenoxy) is 2. The van der Waals surface area contributed by atoms with E-state index >= 15 is 0 Å². The summed E-state index contributed by atoms with van der Waals surface area (Å²) in [6.07, 6.45) is 22.6. The van der Waals surface area contributed by atoms with Crippen molar-refractivity contribution in [2.45, 2.75) is 90.3 Å². The van der Waals surface area contributed by atoms with Crippen LogP contribution in [0.4, 0.5) is 0 Å². The van der Waals surface area contributed by atoms with Gasteiger partial charge in [-0.3, -0.25) is 4.79 Å². The van der Waals surface area contributed by atoms with Gasteiger partial charge in [0.15, 0.2) is 0 Å². The Hall–Kier alpha value is -1.09. The van der Waals surface area contributed by atoms with Crippen molar-refractivity contribution in [1.82, 2.24) is 0 Å². The van der Waals surface area contributed by atoms with Crippen molar-refractivity contribution in [2.75, 3.05) is 6.61 Å². The van der Waals surface area contributed by atoms with Crippen molar-refractivity contribution >= 4 is 5.97 Å². The van der Waals surface area contributed by atoms with E-state index in [4.69, 9.17) is 9.47 Å². The van der Waals surface area contributed by atoms with Crippen LogP contribution in [0.15, 0.2) is 24.3 Å².